The van der Waals surface area contributed by atoms with Gasteiger partial charge in [0.05, 0.1) is 22.1 Å². The Morgan fingerprint density at radius 2 is 0.491 bits per heavy atom. The number of aromatic nitrogens is 2. The predicted molar refractivity (Wildman–Crippen MR) is 445 cm³/mol. The van der Waals surface area contributed by atoms with Crippen LogP contribution < -0.4 is 9.80 Å². The van der Waals surface area contributed by atoms with E-state index in [-0.39, 0.29) is 0 Å². The highest BCUT2D eigenvalue weighted by Gasteiger charge is 2.22. The van der Waals surface area contributed by atoms with E-state index < -0.39 is 0 Å². The summed E-state index contributed by atoms with van der Waals surface area (Å²) in [4.78, 5) is 4.73. The number of rotatable bonds is 12. The first kappa shape index (κ1) is 61.7. The number of nitrogens with zero attached hydrogens (tertiary/aromatic N) is 4. The Kier molecular flexibility index (Phi) is 15.1. The third kappa shape index (κ3) is 11.0. The van der Waals surface area contributed by atoms with Crippen molar-refractivity contribution >= 4 is 132 Å². The fourth-order valence-electron chi connectivity index (χ4n) is 15.9. The summed E-state index contributed by atoms with van der Waals surface area (Å²) in [7, 11) is 0. The third-order valence-corrected chi connectivity index (χ3v) is 20.8. The molecule has 6 heteroatoms. The Balaban J connectivity index is 0.000000141. The molecular formula is C100H66N4O2. The maximum absolute atomic E-state index is 6.25. The number of benzene rings is 17. The van der Waals surface area contributed by atoms with Crippen molar-refractivity contribution in [2.75, 3.05) is 9.80 Å². The average molecular weight is 1360 g/mol. The van der Waals surface area contributed by atoms with Gasteiger partial charge in [0.25, 0.3) is 0 Å². The van der Waals surface area contributed by atoms with Crippen LogP contribution in [0, 0.1) is 0 Å². The summed E-state index contributed by atoms with van der Waals surface area (Å²) >= 11 is 0. The average Bonchev–Trinajstić information content (AvgIpc) is 1.55. The quantitative estimate of drug-likeness (QED) is 0.122. The maximum atomic E-state index is 6.25. The van der Waals surface area contributed by atoms with Gasteiger partial charge in [-0.3, -0.25) is 0 Å². The van der Waals surface area contributed by atoms with Crippen molar-refractivity contribution in [2.24, 2.45) is 0 Å². The van der Waals surface area contributed by atoms with Crippen LogP contribution in [-0.2, 0) is 0 Å². The Bertz CT molecular complexity index is 6850. The van der Waals surface area contributed by atoms with E-state index in [1.54, 1.807) is 0 Å². The first-order valence-electron chi connectivity index (χ1n) is 36.1. The normalized spacial score (nSPS) is 11.6. The zero-order valence-corrected chi connectivity index (χ0v) is 57.7. The first-order chi connectivity index (χ1) is 52.5. The van der Waals surface area contributed by atoms with Gasteiger partial charge in [-0.1, -0.05) is 218 Å². The number of anilines is 6. The molecule has 0 saturated heterocycles. The minimum Gasteiger partial charge on any atom is -0.456 e. The van der Waals surface area contributed by atoms with E-state index in [0.29, 0.717) is 0 Å². The van der Waals surface area contributed by atoms with Gasteiger partial charge in [-0.2, -0.15) is 0 Å². The topological polar surface area (TPSA) is 42.6 Å². The van der Waals surface area contributed by atoms with Crippen molar-refractivity contribution in [3.63, 3.8) is 0 Å². The SMILES string of the molecule is c1ccc(N(c2cc(-c3ccc4oc5ccccc5c4c3)cc(-c3ccc4c(c3)c3ccccc3n4-c3ccccc3)c2)c2ccc3ccccc3c2)cc1.c1ccc(N(c2ccccc2)c2cc(-c3ccc4oc5ccccc5c4c3)cc(-c3ccc4c(c3)c3ccccc3n4-c3ccccc3)c2)cc1. The molecule has 0 aliphatic heterocycles. The smallest absolute Gasteiger partial charge is 0.135 e. The van der Waals surface area contributed by atoms with Gasteiger partial charge in [0, 0.05) is 88.6 Å². The minimum atomic E-state index is 0.892. The molecule has 498 valence electrons. The standard InChI is InChI=1S/C52H34N2O.C48H32N2O/c1-3-15-41(16-4-1)53(43-26-23-35-13-7-8-14-36(35)30-43)44-31-39(29-40(32-44)38-25-28-52-48(34-38)46-20-10-12-22-51(46)55-52)37-24-27-50-47(33-37)45-19-9-11-21-49(45)54(50)42-17-5-2-6-18-42;1-4-14-37(15-5-1)49(38-16-6-2-7-17-38)40-29-35(28-36(30-40)34-25-27-48-44(32-34)42-21-11-13-23-47(42)51-48)33-24-26-46-43(31-33)41-20-10-12-22-45(41)50(46)39-18-8-3-9-19-39/h1-34H;1-32H. The molecule has 0 spiro atoms. The molecule has 21 aromatic rings. The molecule has 106 heavy (non-hydrogen) atoms. The fourth-order valence-corrected chi connectivity index (χ4v) is 15.9. The van der Waals surface area contributed by atoms with E-state index in [2.05, 4.69) is 395 Å². The Morgan fingerprint density at radius 3 is 0.925 bits per heavy atom. The lowest BCUT2D eigenvalue weighted by Crippen LogP contribution is -2.10. The lowest BCUT2D eigenvalue weighted by atomic mass is 9.95. The van der Waals surface area contributed by atoms with Gasteiger partial charge in [-0.05, 0) is 237 Å². The largest absolute Gasteiger partial charge is 0.456 e. The van der Waals surface area contributed by atoms with Crippen LogP contribution in [0.1, 0.15) is 0 Å². The summed E-state index contributed by atoms with van der Waals surface area (Å²) in [6.45, 7) is 0. The van der Waals surface area contributed by atoms with Crippen LogP contribution in [0.3, 0.4) is 0 Å². The van der Waals surface area contributed by atoms with Crippen LogP contribution in [-0.4, -0.2) is 9.13 Å². The van der Waals surface area contributed by atoms with E-state index in [1.807, 2.05) is 24.3 Å². The minimum absolute atomic E-state index is 0.892. The highest BCUT2D eigenvalue weighted by molar-refractivity contribution is 6.13. The Morgan fingerprint density at radius 1 is 0.170 bits per heavy atom. The zero-order valence-electron chi connectivity index (χ0n) is 57.7. The first-order valence-corrected chi connectivity index (χ1v) is 36.1. The van der Waals surface area contributed by atoms with Crippen LogP contribution in [0.5, 0.6) is 0 Å². The van der Waals surface area contributed by atoms with Crippen LogP contribution in [0.15, 0.2) is 409 Å². The van der Waals surface area contributed by atoms with Crippen LogP contribution in [0.2, 0.25) is 0 Å². The number of hydrogen-bond acceptors (Lipinski definition) is 4. The molecule has 0 atom stereocenters. The van der Waals surface area contributed by atoms with Gasteiger partial charge in [-0.25, -0.2) is 0 Å². The number of fused-ring (bicyclic) bond motifs is 13. The molecular weight excluding hydrogens is 1290 g/mol. The lowest BCUT2D eigenvalue weighted by molar-refractivity contribution is 0.668. The second-order valence-electron chi connectivity index (χ2n) is 27.2. The van der Waals surface area contributed by atoms with Gasteiger partial charge in [0.1, 0.15) is 22.3 Å². The maximum Gasteiger partial charge on any atom is 0.135 e. The molecule has 0 bridgehead atoms. The van der Waals surface area contributed by atoms with Gasteiger partial charge in [0.2, 0.25) is 0 Å². The second kappa shape index (κ2) is 26.0. The van der Waals surface area contributed by atoms with Gasteiger partial charge in [0.15, 0.2) is 0 Å². The van der Waals surface area contributed by atoms with E-state index in [4.69, 9.17) is 8.83 Å². The second-order valence-corrected chi connectivity index (χ2v) is 27.2. The fraction of sp³-hybridized carbons (Fsp3) is 0. The van der Waals surface area contributed by atoms with Gasteiger partial charge < -0.3 is 27.8 Å². The molecule has 6 nitrogen and oxygen atoms in total. The van der Waals surface area contributed by atoms with E-state index >= 15 is 0 Å². The molecule has 21 rings (SSSR count). The number of para-hydroxylation sites is 9. The lowest BCUT2D eigenvalue weighted by Gasteiger charge is -2.27. The summed E-state index contributed by atoms with van der Waals surface area (Å²) in [5.74, 6) is 0. The predicted octanol–water partition coefficient (Wildman–Crippen LogP) is 28.1. The van der Waals surface area contributed by atoms with Crippen molar-refractivity contribution in [2.45, 2.75) is 0 Å². The monoisotopic (exact) mass is 1350 g/mol. The highest BCUT2D eigenvalue weighted by atomic mass is 16.3. The molecule has 4 aromatic heterocycles. The summed E-state index contributed by atoms with van der Waals surface area (Å²) in [6, 6.07) is 143. The Labute approximate surface area is 612 Å². The van der Waals surface area contributed by atoms with Crippen LogP contribution in [0.4, 0.5) is 34.1 Å². The van der Waals surface area contributed by atoms with E-state index in [0.717, 1.165) is 134 Å². The van der Waals surface area contributed by atoms with Gasteiger partial charge in [-0.15, -0.1) is 0 Å². The van der Waals surface area contributed by atoms with Crippen LogP contribution in [0.25, 0.3) is 154 Å². The summed E-state index contributed by atoms with van der Waals surface area (Å²) in [5, 5.41) is 11.8. The van der Waals surface area contributed by atoms with Crippen LogP contribution >= 0.6 is 0 Å². The molecule has 4 heterocycles. The molecule has 0 fully saturated rings. The number of hydrogen-bond donors (Lipinski definition) is 0. The molecule has 0 radical (unpaired) electrons. The van der Waals surface area contributed by atoms with Crippen molar-refractivity contribution < 1.29 is 8.83 Å². The molecule has 0 saturated carbocycles. The molecule has 17 aromatic carbocycles. The van der Waals surface area contributed by atoms with E-state index in [9.17, 15) is 0 Å². The van der Waals surface area contributed by atoms with Crippen molar-refractivity contribution in [1.82, 2.24) is 9.13 Å². The number of furan rings is 2. The highest BCUT2D eigenvalue weighted by Crippen LogP contribution is 2.46. The molecule has 0 aliphatic rings. The molecule has 0 unspecified atom stereocenters. The van der Waals surface area contributed by atoms with Crippen molar-refractivity contribution in [3.8, 4) is 55.9 Å². The zero-order chi connectivity index (χ0) is 70.0. The van der Waals surface area contributed by atoms with Crippen molar-refractivity contribution in [1.29, 1.82) is 0 Å². The summed E-state index contributed by atoms with van der Waals surface area (Å²) in [5.41, 5.74) is 26.4. The Hall–Kier alpha value is -14.2. The van der Waals surface area contributed by atoms with E-state index in [1.165, 1.54) is 54.4 Å². The molecule has 0 amide bonds. The van der Waals surface area contributed by atoms with Crippen molar-refractivity contribution in [3.05, 3.63) is 400 Å². The summed E-state index contributed by atoms with van der Waals surface area (Å²) < 4.78 is 17.2. The van der Waals surface area contributed by atoms with Gasteiger partial charge >= 0.3 is 0 Å². The third-order valence-electron chi connectivity index (χ3n) is 20.8. The summed E-state index contributed by atoms with van der Waals surface area (Å²) in [6.07, 6.45) is 0. The molecule has 0 aliphatic carbocycles. The molecule has 0 N–H and O–H groups in total.